The Balaban J connectivity index is 1.28. The molecule has 30 heavy (non-hydrogen) atoms. The molecule has 2 saturated heterocycles. The predicted octanol–water partition coefficient (Wildman–Crippen LogP) is 4.66. The number of nitrogens with one attached hydrogen (secondary N) is 1. The van der Waals surface area contributed by atoms with E-state index in [9.17, 15) is 4.79 Å². The summed E-state index contributed by atoms with van der Waals surface area (Å²) in [5.74, 6) is 0.214. The number of anilines is 1. The van der Waals surface area contributed by atoms with Crippen LogP contribution < -0.4 is 4.90 Å². The third kappa shape index (κ3) is 3.82. The highest BCUT2D eigenvalue weighted by Crippen LogP contribution is 2.36. The van der Waals surface area contributed by atoms with Gasteiger partial charge in [-0.2, -0.15) is 5.10 Å². The van der Waals surface area contributed by atoms with Crippen LogP contribution in [0.15, 0.2) is 18.3 Å². The smallest absolute Gasteiger partial charge is 0.226 e. The van der Waals surface area contributed by atoms with Gasteiger partial charge in [0.05, 0.1) is 5.69 Å². The molecule has 2 aliphatic heterocycles. The van der Waals surface area contributed by atoms with Crippen LogP contribution in [-0.2, 0) is 24.1 Å². The molecular formula is C23H28Cl2N4O. The minimum Gasteiger partial charge on any atom is -0.371 e. The summed E-state index contributed by atoms with van der Waals surface area (Å²) in [6.07, 6.45) is 10.0. The van der Waals surface area contributed by atoms with Crippen molar-refractivity contribution < 1.29 is 4.79 Å². The first-order valence-electron chi connectivity index (χ1n) is 11.1. The molecule has 160 valence electrons. The summed E-state index contributed by atoms with van der Waals surface area (Å²) in [5.41, 5.74) is 4.43. The average Bonchev–Trinajstić information content (AvgIpc) is 3.37. The highest BCUT2D eigenvalue weighted by atomic mass is 35.5. The number of H-pyrrole nitrogens is 1. The molecule has 1 amide bonds. The Morgan fingerprint density at radius 3 is 2.60 bits per heavy atom. The summed E-state index contributed by atoms with van der Waals surface area (Å²) in [5, 5.41) is 8.64. The maximum Gasteiger partial charge on any atom is 0.226 e. The molecule has 7 heteroatoms. The number of carbonyl (C=O) groups is 1. The first-order valence-corrected chi connectivity index (χ1v) is 11.9. The van der Waals surface area contributed by atoms with E-state index in [1.165, 1.54) is 24.8 Å². The lowest BCUT2D eigenvalue weighted by Crippen LogP contribution is -2.41. The number of benzene rings is 1. The van der Waals surface area contributed by atoms with Gasteiger partial charge in [0, 0.05) is 53.5 Å². The van der Waals surface area contributed by atoms with Gasteiger partial charge in [-0.25, -0.2) is 0 Å². The average molecular weight is 447 g/mol. The van der Waals surface area contributed by atoms with Crippen molar-refractivity contribution >= 4 is 34.8 Å². The molecular weight excluding hydrogens is 419 g/mol. The molecule has 1 aliphatic carbocycles. The number of fused-ring (bicyclic) bond motifs is 1. The molecule has 3 aliphatic rings. The zero-order valence-corrected chi connectivity index (χ0v) is 18.7. The van der Waals surface area contributed by atoms with Gasteiger partial charge < -0.3 is 9.80 Å². The van der Waals surface area contributed by atoms with Crippen molar-refractivity contribution in [3.63, 3.8) is 0 Å². The summed E-state index contributed by atoms with van der Waals surface area (Å²) in [6.45, 7) is 2.94. The zero-order valence-electron chi connectivity index (χ0n) is 17.2. The second kappa shape index (κ2) is 8.43. The topological polar surface area (TPSA) is 52.2 Å². The Kier molecular flexibility index (Phi) is 5.67. The van der Waals surface area contributed by atoms with Crippen LogP contribution in [0, 0.1) is 5.92 Å². The van der Waals surface area contributed by atoms with Crippen molar-refractivity contribution in [2.45, 2.75) is 57.4 Å². The van der Waals surface area contributed by atoms with Gasteiger partial charge in [-0.3, -0.25) is 9.89 Å². The lowest BCUT2D eigenvalue weighted by Gasteiger charge is -2.31. The number of likely N-dealkylation sites (tertiary alicyclic amines) is 1. The zero-order chi connectivity index (χ0) is 20.7. The molecule has 5 nitrogen and oxygen atoms in total. The van der Waals surface area contributed by atoms with Crippen LogP contribution in [-0.4, -0.2) is 46.7 Å². The molecule has 1 aromatic carbocycles. The number of nitrogens with zero attached hydrogens (tertiary/aromatic N) is 3. The molecule has 2 aromatic rings. The van der Waals surface area contributed by atoms with Crippen molar-refractivity contribution in [2.75, 3.05) is 24.5 Å². The fourth-order valence-electron chi connectivity index (χ4n) is 5.34. The molecule has 2 atom stereocenters. The number of amides is 1. The number of carbonyl (C=O) groups excluding carboxylic acids is 1. The van der Waals surface area contributed by atoms with E-state index in [1.54, 1.807) is 0 Å². The van der Waals surface area contributed by atoms with Gasteiger partial charge in [-0.15, -0.1) is 0 Å². The maximum atomic E-state index is 13.2. The largest absolute Gasteiger partial charge is 0.371 e. The fraction of sp³-hybridized carbons (Fsp3) is 0.565. The quantitative estimate of drug-likeness (QED) is 0.742. The normalized spacial score (nSPS) is 24.4. The summed E-state index contributed by atoms with van der Waals surface area (Å²) >= 11 is 13.3. The molecule has 0 unspecified atom stereocenters. The highest BCUT2D eigenvalue weighted by Gasteiger charge is 2.38. The fourth-order valence-corrected chi connectivity index (χ4v) is 5.97. The molecule has 1 N–H and O–H groups in total. The van der Waals surface area contributed by atoms with E-state index in [2.05, 4.69) is 20.0 Å². The minimum atomic E-state index is -0.0356. The van der Waals surface area contributed by atoms with Crippen molar-refractivity contribution in [3.8, 4) is 0 Å². The molecule has 0 bridgehead atoms. The van der Waals surface area contributed by atoms with E-state index in [0.717, 1.165) is 62.3 Å². The van der Waals surface area contributed by atoms with Gasteiger partial charge in [0.2, 0.25) is 5.91 Å². The van der Waals surface area contributed by atoms with Crippen LogP contribution in [0.1, 0.15) is 48.9 Å². The first-order chi connectivity index (χ1) is 14.6. The van der Waals surface area contributed by atoms with Crippen molar-refractivity contribution in [2.24, 2.45) is 5.92 Å². The van der Waals surface area contributed by atoms with E-state index in [4.69, 9.17) is 23.2 Å². The minimum absolute atomic E-state index is 0.0356. The van der Waals surface area contributed by atoms with Crippen LogP contribution in [0.2, 0.25) is 10.0 Å². The number of aryl methyl sites for hydroxylation is 1. The summed E-state index contributed by atoms with van der Waals surface area (Å²) in [4.78, 5) is 17.7. The molecule has 0 saturated carbocycles. The van der Waals surface area contributed by atoms with Crippen LogP contribution in [0.3, 0.4) is 0 Å². The van der Waals surface area contributed by atoms with E-state index in [-0.39, 0.29) is 17.9 Å². The number of piperidine rings is 1. The third-order valence-corrected chi connectivity index (χ3v) is 7.74. The number of hydrogen-bond acceptors (Lipinski definition) is 3. The lowest BCUT2D eigenvalue weighted by molar-refractivity contribution is -0.133. The summed E-state index contributed by atoms with van der Waals surface area (Å²) in [6, 6.07) is 4.35. The van der Waals surface area contributed by atoms with Crippen molar-refractivity contribution in [1.82, 2.24) is 15.1 Å². The highest BCUT2D eigenvalue weighted by molar-refractivity contribution is 6.36. The second-order valence-electron chi connectivity index (χ2n) is 8.91. The van der Waals surface area contributed by atoms with Gasteiger partial charge in [-0.05, 0) is 74.6 Å². The SMILES string of the molecule is O=C1[C@H](Cc2c(Cl)cc(N3CCCCC3)cc2Cl)CCN1[C@H]1CCc2n[nH]cc2C1. The number of halogens is 2. The van der Waals surface area contributed by atoms with Crippen molar-refractivity contribution in [1.29, 1.82) is 0 Å². The first kappa shape index (κ1) is 20.2. The Hall–Kier alpha value is -1.72. The Morgan fingerprint density at radius 2 is 1.83 bits per heavy atom. The summed E-state index contributed by atoms with van der Waals surface area (Å²) < 4.78 is 0. The van der Waals surface area contributed by atoms with Gasteiger partial charge in [0.15, 0.2) is 0 Å². The molecule has 1 aromatic heterocycles. The number of aromatic nitrogens is 2. The molecule has 0 spiro atoms. The van der Waals surface area contributed by atoms with E-state index < -0.39 is 0 Å². The maximum absolute atomic E-state index is 13.2. The number of rotatable bonds is 4. The van der Waals surface area contributed by atoms with Crippen LogP contribution >= 0.6 is 23.2 Å². The molecule has 2 fully saturated rings. The molecule has 5 rings (SSSR count). The Bertz CT molecular complexity index is 914. The number of aromatic amines is 1. The Morgan fingerprint density at radius 1 is 1.07 bits per heavy atom. The Labute approximate surface area is 187 Å². The van der Waals surface area contributed by atoms with Gasteiger partial charge >= 0.3 is 0 Å². The van der Waals surface area contributed by atoms with Crippen LogP contribution in [0.4, 0.5) is 5.69 Å². The van der Waals surface area contributed by atoms with Gasteiger partial charge in [0.25, 0.3) is 0 Å². The standard InChI is InChI=1S/C23H28Cl2N4O/c24-20-12-18(28-7-2-1-3-8-28)13-21(25)19(20)11-15-6-9-29(23(15)30)17-4-5-22-16(10-17)14-26-27-22/h12-15,17H,1-11H2,(H,26,27)/t15-,17-/m0/s1. The molecule has 0 radical (unpaired) electrons. The molecule has 3 heterocycles. The van der Waals surface area contributed by atoms with E-state index in [0.29, 0.717) is 16.5 Å². The summed E-state index contributed by atoms with van der Waals surface area (Å²) in [7, 11) is 0. The second-order valence-corrected chi connectivity index (χ2v) is 9.73. The number of hydrogen-bond donors (Lipinski definition) is 1. The van der Waals surface area contributed by atoms with Crippen LogP contribution in [0.5, 0.6) is 0 Å². The van der Waals surface area contributed by atoms with Gasteiger partial charge in [-0.1, -0.05) is 23.2 Å². The predicted molar refractivity (Wildman–Crippen MR) is 120 cm³/mol. The van der Waals surface area contributed by atoms with E-state index >= 15 is 0 Å². The van der Waals surface area contributed by atoms with Gasteiger partial charge in [0.1, 0.15) is 0 Å². The lowest BCUT2D eigenvalue weighted by atomic mass is 9.92. The van der Waals surface area contributed by atoms with Crippen molar-refractivity contribution in [3.05, 3.63) is 45.2 Å². The third-order valence-electron chi connectivity index (χ3n) is 7.07. The van der Waals surface area contributed by atoms with E-state index in [1.807, 2.05) is 18.3 Å². The monoisotopic (exact) mass is 446 g/mol. The van der Waals surface area contributed by atoms with Crippen LogP contribution in [0.25, 0.3) is 0 Å².